The van der Waals surface area contributed by atoms with Gasteiger partial charge >= 0.3 is 5.97 Å². The number of carbonyl (C=O) groups is 1. The molecule has 0 saturated carbocycles. The predicted molar refractivity (Wildman–Crippen MR) is 89.0 cm³/mol. The number of carboxylic acid groups (broad SMARTS) is 1. The molecule has 118 valence electrons. The highest BCUT2D eigenvalue weighted by Crippen LogP contribution is 2.19. The zero-order chi connectivity index (χ0) is 15.8. The molecule has 2 N–H and O–H groups in total. The standard InChI is InChI=1S/C15H24BrN3O2/c1-4-19(5-2)8-6-7-11(3)18-14-13(15(20)21)9-12(16)10-17-14/h9-11H,4-8H2,1-3H3,(H,17,18)(H,20,21). The maximum Gasteiger partial charge on any atom is 0.339 e. The van der Waals surface area contributed by atoms with Gasteiger partial charge in [0, 0.05) is 16.7 Å². The van der Waals surface area contributed by atoms with Crippen molar-refractivity contribution in [2.45, 2.75) is 39.7 Å². The molecule has 1 atom stereocenters. The summed E-state index contributed by atoms with van der Waals surface area (Å²) in [4.78, 5) is 17.8. The lowest BCUT2D eigenvalue weighted by Crippen LogP contribution is -2.26. The van der Waals surface area contributed by atoms with Crippen molar-refractivity contribution in [2.75, 3.05) is 25.0 Å². The third-order valence-corrected chi connectivity index (χ3v) is 3.91. The number of aromatic carboxylic acids is 1. The third kappa shape index (κ3) is 6.01. The van der Waals surface area contributed by atoms with Crippen LogP contribution in [0.5, 0.6) is 0 Å². The van der Waals surface area contributed by atoms with Crippen LogP contribution in [0, 0.1) is 0 Å². The van der Waals surface area contributed by atoms with Crippen molar-refractivity contribution in [3.05, 3.63) is 22.3 Å². The number of anilines is 1. The Morgan fingerprint density at radius 2 is 2.14 bits per heavy atom. The maximum absolute atomic E-state index is 11.2. The smallest absolute Gasteiger partial charge is 0.339 e. The average Bonchev–Trinajstić information content (AvgIpc) is 2.45. The average molecular weight is 358 g/mol. The molecule has 21 heavy (non-hydrogen) atoms. The highest BCUT2D eigenvalue weighted by molar-refractivity contribution is 9.10. The maximum atomic E-state index is 11.2. The van der Waals surface area contributed by atoms with Crippen LogP contribution >= 0.6 is 15.9 Å². The molecule has 0 radical (unpaired) electrons. The second-order valence-electron chi connectivity index (χ2n) is 5.07. The molecule has 1 aromatic rings. The number of carboxylic acids is 1. The Kier molecular flexibility index (Phi) is 7.67. The lowest BCUT2D eigenvalue weighted by Gasteiger charge is -2.20. The lowest BCUT2D eigenvalue weighted by atomic mass is 10.1. The molecule has 6 heteroatoms. The van der Waals surface area contributed by atoms with E-state index in [-0.39, 0.29) is 11.6 Å². The van der Waals surface area contributed by atoms with Crippen LogP contribution in [0.4, 0.5) is 5.82 Å². The van der Waals surface area contributed by atoms with E-state index >= 15 is 0 Å². The van der Waals surface area contributed by atoms with Crippen LogP contribution in [0.25, 0.3) is 0 Å². The van der Waals surface area contributed by atoms with Gasteiger partial charge in [0.05, 0.1) is 0 Å². The van der Waals surface area contributed by atoms with E-state index in [1.54, 1.807) is 12.3 Å². The van der Waals surface area contributed by atoms with E-state index in [9.17, 15) is 9.90 Å². The van der Waals surface area contributed by atoms with Crippen molar-refractivity contribution < 1.29 is 9.90 Å². The summed E-state index contributed by atoms with van der Waals surface area (Å²) in [5.74, 6) is -0.539. The molecule has 0 bridgehead atoms. The zero-order valence-electron chi connectivity index (χ0n) is 12.9. The largest absolute Gasteiger partial charge is 0.478 e. The van der Waals surface area contributed by atoms with Gasteiger partial charge in [-0.3, -0.25) is 0 Å². The highest BCUT2D eigenvalue weighted by Gasteiger charge is 2.14. The van der Waals surface area contributed by atoms with Crippen molar-refractivity contribution in [2.24, 2.45) is 0 Å². The van der Waals surface area contributed by atoms with Crippen molar-refractivity contribution in [3.63, 3.8) is 0 Å². The number of nitrogens with zero attached hydrogens (tertiary/aromatic N) is 2. The van der Waals surface area contributed by atoms with Gasteiger partial charge in [0.1, 0.15) is 11.4 Å². The van der Waals surface area contributed by atoms with Crippen LogP contribution in [-0.2, 0) is 0 Å². The fourth-order valence-electron chi connectivity index (χ4n) is 2.18. The molecular weight excluding hydrogens is 334 g/mol. The first-order valence-electron chi connectivity index (χ1n) is 7.35. The predicted octanol–water partition coefficient (Wildman–Crippen LogP) is 3.46. The Morgan fingerprint density at radius 1 is 1.48 bits per heavy atom. The van der Waals surface area contributed by atoms with Crippen LogP contribution in [0.1, 0.15) is 44.0 Å². The van der Waals surface area contributed by atoms with E-state index in [2.05, 4.69) is 51.9 Å². The summed E-state index contributed by atoms with van der Waals surface area (Å²) in [5.41, 5.74) is 0.194. The molecule has 0 aliphatic rings. The van der Waals surface area contributed by atoms with Gasteiger partial charge < -0.3 is 15.3 Å². The van der Waals surface area contributed by atoms with Crippen LogP contribution in [0.15, 0.2) is 16.7 Å². The Morgan fingerprint density at radius 3 is 2.71 bits per heavy atom. The van der Waals surface area contributed by atoms with E-state index in [1.807, 2.05) is 0 Å². The number of nitrogens with one attached hydrogen (secondary N) is 1. The Labute approximate surface area is 134 Å². The molecule has 1 aromatic heterocycles. The van der Waals surface area contributed by atoms with Crippen LogP contribution in [-0.4, -0.2) is 46.6 Å². The lowest BCUT2D eigenvalue weighted by molar-refractivity contribution is 0.0697. The van der Waals surface area contributed by atoms with Gasteiger partial charge in [-0.05, 0) is 61.4 Å². The molecule has 0 aliphatic heterocycles. The molecule has 0 amide bonds. The number of hydrogen-bond acceptors (Lipinski definition) is 4. The third-order valence-electron chi connectivity index (χ3n) is 3.47. The Balaban J connectivity index is 2.55. The van der Waals surface area contributed by atoms with Gasteiger partial charge in [0.25, 0.3) is 0 Å². The second-order valence-corrected chi connectivity index (χ2v) is 5.99. The van der Waals surface area contributed by atoms with Gasteiger partial charge in [0.2, 0.25) is 0 Å². The Bertz CT molecular complexity index is 464. The van der Waals surface area contributed by atoms with Gasteiger partial charge in [0.15, 0.2) is 0 Å². The Hall–Kier alpha value is -1.14. The first-order chi connectivity index (χ1) is 9.97. The number of rotatable bonds is 9. The number of pyridine rings is 1. The minimum absolute atomic E-state index is 0.187. The van der Waals surface area contributed by atoms with E-state index in [0.717, 1.165) is 32.5 Å². The van der Waals surface area contributed by atoms with Crippen LogP contribution in [0.3, 0.4) is 0 Å². The first-order valence-corrected chi connectivity index (χ1v) is 8.14. The van der Waals surface area contributed by atoms with Crippen LogP contribution < -0.4 is 5.32 Å². The molecule has 1 heterocycles. The summed E-state index contributed by atoms with van der Waals surface area (Å²) < 4.78 is 0.666. The summed E-state index contributed by atoms with van der Waals surface area (Å²) >= 11 is 3.25. The van der Waals surface area contributed by atoms with E-state index in [1.165, 1.54) is 0 Å². The normalized spacial score (nSPS) is 12.4. The van der Waals surface area contributed by atoms with Gasteiger partial charge in [-0.1, -0.05) is 13.8 Å². The fourth-order valence-corrected chi connectivity index (χ4v) is 2.52. The minimum atomic E-state index is -0.971. The molecule has 1 rings (SSSR count). The van der Waals surface area contributed by atoms with E-state index in [0.29, 0.717) is 10.3 Å². The summed E-state index contributed by atoms with van der Waals surface area (Å²) in [7, 11) is 0. The molecule has 0 spiro atoms. The summed E-state index contributed by atoms with van der Waals surface area (Å²) in [5, 5.41) is 12.4. The van der Waals surface area contributed by atoms with Crippen molar-refractivity contribution in [1.29, 1.82) is 0 Å². The quantitative estimate of drug-likeness (QED) is 0.708. The summed E-state index contributed by atoms with van der Waals surface area (Å²) in [6.07, 6.45) is 3.67. The SMILES string of the molecule is CCN(CC)CCCC(C)Nc1ncc(Br)cc1C(=O)O. The van der Waals surface area contributed by atoms with E-state index in [4.69, 9.17) is 0 Å². The summed E-state index contributed by atoms with van der Waals surface area (Å²) in [6.45, 7) is 9.58. The van der Waals surface area contributed by atoms with Crippen molar-refractivity contribution in [3.8, 4) is 0 Å². The zero-order valence-corrected chi connectivity index (χ0v) is 14.5. The molecule has 0 aliphatic carbocycles. The minimum Gasteiger partial charge on any atom is -0.478 e. The van der Waals surface area contributed by atoms with Gasteiger partial charge in [-0.15, -0.1) is 0 Å². The fraction of sp³-hybridized carbons (Fsp3) is 0.600. The molecule has 0 saturated heterocycles. The van der Waals surface area contributed by atoms with Crippen molar-refractivity contribution in [1.82, 2.24) is 9.88 Å². The number of aromatic nitrogens is 1. The highest BCUT2D eigenvalue weighted by atomic mass is 79.9. The summed E-state index contributed by atoms with van der Waals surface area (Å²) in [6, 6.07) is 1.76. The number of halogens is 1. The molecular formula is C15H24BrN3O2. The van der Waals surface area contributed by atoms with Crippen LogP contribution in [0.2, 0.25) is 0 Å². The monoisotopic (exact) mass is 357 g/mol. The van der Waals surface area contributed by atoms with Gasteiger partial charge in [-0.25, -0.2) is 9.78 Å². The molecule has 0 fully saturated rings. The van der Waals surface area contributed by atoms with Gasteiger partial charge in [-0.2, -0.15) is 0 Å². The molecule has 0 aromatic carbocycles. The molecule has 1 unspecified atom stereocenters. The molecule has 5 nitrogen and oxygen atoms in total. The first kappa shape index (κ1) is 17.9. The van der Waals surface area contributed by atoms with Crippen molar-refractivity contribution >= 4 is 27.7 Å². The second kappa shape index (κ2) is 9.00. The number of hydrogen-bond donors (Lipinski definition) is 2. The van der Waals surface area contributed by atoms with E-state index < -0.39 is 5.97 Å². The topological polar surface area (TPSA) is 65.5 Å².